The van der Waals surface area contributed by atoms with Gasteiger partial charge in [-0.05, 0) is 38.8 Å². The summed E-state index contributed by atoms with van der Waals surface area (Å²) in [5, 5.41) is 2.92. The molecule has 24 heavy (non-hydrogen) atoms. The van der Waals surface area contributed by atoms with E-state index >= 15 is 0 Å². The first-order valence-corrected chi connectivity index (χ1v) is 8.20. The van der Waals surface area contributed by atoms with E-state index in [1.165, 1.54) is 0 Å². The number of likely N-dealkylation sites (tertiary alicyclic amines) is 1. The van der Waals surface area contributed by atoms with Gasteiger partial charge < -0.3 is 15.0 Å². The molecule has 0 saturated carbocycles. The molecule has 1 unspecified atom stereocenters. The minimum atomic E-state index is -0.0930. The molecule has 1 aliphatic rings. The summed E-state index contributed by atoms with van der Waals surface area (Å²) in [4.78, 5) is 22.8. The van der Waals surface area contributed by atoms with E-state index in [0.717, 1.165) is 30.8 Å². The van der Waals surface area contributed by atoms with Crippen molar-refractivity contribution in [3.8, 4) is 5.88 Å². The van der Waals surface area contributed by atoms with Gasteiger partial charge in [0, 0.05) is 24.0 Å². The Morgan fingerprint density at radius 2 is 2.04 bits per heavy atom. The molecule has 0 aliphatic carbocycles. The van der Waals surface area contributed by atoms with Crippen molar-refractivity contribution >= 4 is 11.7 Å². The standard InChI is InChI=1S/C18H22N4O2/c1-13-11-17(20-14(2)19-13)24-16-9-6-10-22(12-16)18(23)21-15-7-4-3-5-8-15/h3-5,7-8,11,16H,6,9-10,12H2,1-2H3,(H,21,23). The molecule has 1 aromatic heterocycles. The zero-order valence-electron chi connectivity index (χ0n) is 14.0. The lowest BCUT2D eigenvalue weighted by atomic mass is 10.1. The fourth-order valence-corrected chi connectivity index (χ4v) is 2.86. The number of benzene rings is 1. The Morgan fingerprint density at radius 1 is 1.25 bits per heavy atom. The second-order valence-electron chi connectivity index (χ2n) is 6.02. The minimum absolute atomic E-state index is 0.0472. The van der Waals surface area contributed by atoms with Gasteiger partial charge >= 0.3 is 6.03 Å². The molecule has 1 atom stereocenters. The number of para-hydroxylation sites is 1. The van der Waals surface area contributed by atoms with E-state index in [0.29, 0.717) is 18.2 Å². The monoisotopic (exact) mass is 326 g/mol. The molecule has 1 saturated heterocycles. The molecule has 3 rings (SSSR count). The summed E-state index contributed by atoms with van der Waals surface area (Å²) in [7, 11) is 0. The normalized spacial score (nSPS) is 17.4. The number of carbonyl (C=O) groups is 1. The number of urea groups is 1. The molecular formula is C18H22N4O2. The zero-order valence-corrected chi connectivity index (χ0v) is 14.0. The summed E-state index contributed by atoms with van der Waals surface area (Å²) >= 11 is 0. The van der Waals surface area contributed by atoms with Crippen LogP contribution in [0.15, 0.2) is 36.4 Å². The summed E-state index contributed by atoms with van der Waals surface area (Å²) in [6.07, 6.45) is 1.78. The number of amides is 2. The highest BCUT2D eigenvalue weighted by atomic mass is 16.5. The summed E-state index contributed by atoms with van der Waals surface area (Å²) in [6.45, 7) is 5.06. The second kappa shape index (κ2) is 7.29. The number of ether oxygens (including phenoxy) is 1. The van der Waals surface area contributed by atoms with E-state index < -0.39 is 0 Å². The number of piperidine rings is 1. The van der Waals surface area contributed by atoms with E-state index in [-0.39, 0.29) is 12.1 Å². The number of anilines is 1. The molecule has 0 radical (unpaired) electrons. The zero-order chi connectivity index (χ0) is 16.9. The summed E-state index contributed by atoms with van der Waals surface area (Å²) in [5.74, 6) is 1.27. The van der Waals surface area contributed by atoms with Crippen molar-refractivity contribution in [3.05, 3.63) is 47.9 Å². The maximum Gasteiger partial charge on any atom is 0.321 e. The molecule has 2 heterocycles. The minimum Gasteiger partial charge on any atom is -0.472 e. The largest absolute Gasteiger partial charge is 0.472 e. The van der Waals surface area contributed by atoms with Crippen LogP contribution >= 0.6 is 0 Å². The van der Waals surface area contributed by atoms with Gasteiger partial charge in [-0.15, -0.1) is 0 Å². The highest BCUT2D eigenvalue weighted by molar-refractivity contribution is 5.89. The predicted octanol–water partition coefficient (Wildman–Crippen LogP) is 3.17. The summed E-state index contributed by atoms with van der Waals surface area (Å²) in [6, 6.07) is 11.2. The van der Waals surface area contributed by atoms with Gasteiger partial charge in [-0.1, -0.05) is 18.2 Å². The summed E-state index contributed by atoms with van der Waals surface area (Å²) < 4.78 is 5.97. The lowest BCUT2D eigenvalue weighted by molar-refractivity contribution is 0.102. The van der Waals surface area contributed by atoms with Gasteiger partial charge in [0.2, 0.25) is 5.88 Å². The van der Waals surface area contributed by atoms with Gasteiger partial charge in [0.05, 0.1) is 6.54 Å². The van der Waals surface area contributed by atoms with Gasteiger partial charge in [0.1, 0.15) is 11.9 Å². The Kier molecular flexibility index (Phi) is 4.93. The van der Waals surface area contributed by atoms with Crippen LogP contribution in [0.5, 0.6) is 5.88 Å². The van der Waals surface area contributed by atoms with Crippen molar-refractivity contribution in [1.29, 1.82) is 0 Å². The molecule has 1 fully saturated rings. The molecule has 0 bridgehead atoms. The Hall–Kier alpha value is -2.63. The van der Waals surface area contributed by atoms with Crippen molar-refractivity contribution in [2.45, 2.75) is 32.8 Å². The highest BCUT2D eigenvalue weighted by Gasteiger charge is 2.25. The number of carbonyl (C=O) groups excluding carboxylic acids is 1. The number of hydrogen-bond donors (Lipinski definition) is 1. The fraction of sp³-hybridized carbons (Fsp3) is 0.389. The molecule has 6 nitrogen and oxygen atoms in total. The quantitative estimate of drug-likeness (QED) is 0.941. The van der Waals surface area contributed by atoms with Gasteiger partial charge in [0.25, 0.3) is 0 Å². The molecule has 2 amide bonds. The van der Waals surface area contributed by atoms with Crippen molar-refractivity contribution < 1.29 is 9.53 Å². The lowest BCUT2D eigenvalue weighted by Gasteiger charge is -2.32. The van der Waals surface area contributed by atoms with Crippen LogP contribution in [-0.4, -0.2) is 40.1 Å². The molecule has 1 aromatic carbocycles. The number of aryl methyl sites for hydroxylation is 2. The van der Waals surface area contributed by atoms with E-state index in [2.05, 4.69) is 15.3 Å². The van der Waals surface area contributed by atoms with Crippen molar-refractivity contribution in [2.24, 2.45) is 0 Å². The van der Waals surface area contributed by atoms with Gasteiger partial charge in [-0.3, -0.25) is 0 Å². The van der Waals surface area contributed by atoms with Crippen LogP contribution in [0.25, 0.3) is 0 Å². The first-order valence-electron chi connectivity index (χ1n) is 8.20. The number of nitrogens with one attached hydrogen (secondary N) is 1. The van der Waals surface area contributed by atoms with Crippen LogP contribution in [0.1, 0.15) is 24.4 Å². The van der Waals surface area contributed by atoms with Crippen LogP contribution in [0.3, 0.4) is 0 Å². The molecule has 0 spiro atoms. The Labute approximate surface area is 141 Å². The first kappa shape index (κ1) is 16.2. The smallest absolute Gasteiger partial charge is 0.321 e. The molecule has 1 aliphatic heterocycles. The Balaban J connectivity index is 1.60. The first-order chi connectivity index (χ1) is 11.6. The van der Waals surface area contributed by atoms with Gasteiger partial charge in [-0.2, -0.15) is 4.98 Å². The van der Waals surface area contributed by atoms with Crippen molar-refractivity contribution in [1.82, 2.24) is 14.9 Å². The Bertz CT molecular complexity index is 685. The number of rotatable bonds is 3. The average molecular weight is 326 g/mol. The second-order valence-corrected chi connectivity index (χ2v) is 6.02. The average Bonchev–Trinajstić information content (AvgIpc) is 2.55. The van der Waals surface area contributed by atoms with E-state index in [1.54, 1.807) is 4.90 Å². The van der Waals surface area contributed by atoms with E-state index in [9.17, 15) is 4.79 Å². The maximum atomic E-state index is 12.4. The molecule has 126 valence electrons. The number of hydrogen-bond acceptors (Lipinski definition) is 4. The maximum absolute atomic E-state index is 12.4. The van der Waals surface area contributed by atoms with Gasteiger partial charge in [-0.25, -0.2) is 9.78 Å². The molecule has 6 heteroatoms. The van der Waals surface area contributed by atoms with Crippen LogP contribution in [-0.2, 0) is 0 Å². The van der Waals surface area contributed by atoms with Crippen LogP contribution in [0.4, 0.5) is 10.5 Å². The summed E-state index contributed by atoms with van der Waals surface area (Å²) in [5.41, 5.74) is 1.68. The molecule has 1 N–H and O–H groups in total. The topological polar surface area (TPSA) is 67.3 Å². The van der Waals surface area contributed by atoms with Crippen molar-refractivity contribution in [2.75, 3.05) is 18.4 Å². The van der Waals surface area contributed by atoms with E-state index in [4.69, 9.17) is 4.74 Å². The number of nitrogens with zero attached hydrogens (tertiary/aromatic N) is 3. The van der Waals surface area contributed by atoms with Crippen LogP contribution in [0.2, 0.25) is 0 Å². The lowest BCUT2D eigenvalue weighted by Crippen LogP contribution is -2.46. The predicted molar refractivity (Wildman–Crippen MR) is 92.2 cm³/mol. The SMILES string of the molecule is Cc1cc(OC2CCCN(C(=O)Nc3ccccc3)C2)nc(C)n1. The third kappa shape index (κ3) is 4.22. The third-order valence-corrected chi connectivity index (χ3v) is 3.92. The van der Waals surface area contributed by atoms with Crippen molar-refractivity contribution in [3.63, 3.8) is 0 Å². The van der Waals surface area contributed by atoms with Gasteiger partial charge in [0.15, 0.2) is 0 Å². The molecular weight excluding hydrogens is 304 g/mol. The fourth-order valence-electron chi connectivity index (χ4n) is 2.86. The van der Waals surface area contributed by atoms with Crippen LogP contribution in [0, 0.1) is 13.8 Å². The third-order valence-electron chi connectivity index (χ3n) is 3.92. The number of aromatic nitrogens is 2. The highest BCUT2D eigenvalue weighted by Crippen LogP contribution is 2.18. The molecule has 2 aromatic rings. The van der Waals surface area contributed by atoms with E-state index in [1.807, 2.05) is 50.2 Å². The van der Waals surface area contributed by atoms with Crippen LogP contribution < -0.4 is 10.1 Å². The Morgan fingerprint density at radius 3 is 2.79 bits per heavy atom.